The van der Waals surface area contributed by atoms with E-state index in [-0.39, 0.29) is 4.90 Å². The molecule has 0 aliphatic carbocycles. The van der Waals surface area contributed by atoms with Crippen LogP contribution in [-0.2, 0) is 10.0 Å². The summed E-state index contributed by atoms with van der Waals surface area (Å²) in [5.41, 5.74) is 3.18. The van der Waals surface area contributed by atoms with Crippen molar-refractivity contribution in [2.45, 2.75) is 24.0 Å². The van der Waals surface area contributed by atoms with Crippen molar-refractivity contribution in [1.29, 1.82) is 0 Å². The van der Waals surface area contributed by atoms with E-state index in [1.165, 1.54) is 23.9 Å². The molecule has 0 radical (unpaired) electrons. The minimum absolute atomic E-state index is 0.0500. The number of benzene rings is 2. The first-order chi connectivity index (χ1) is 12.8. The first kappa shape index (κ1) is 19.4. The number of rotatable bonds is 7. The molecule has 0 aliphatic rings. The van der Waals surface area contributed by atoms with Crippen LogP contribution in [0, 0.1) is 13.8 Å². The summed E-state index contributed by atoms with van der Waals surface area (Å²) in [4.78, 5) is 0.0500. The monoisotopic (exact) mass is 405 g/mol. The fourth-order valence-corrected chi connectivity index (χ4v) is 3.59. The summed E-state index contributed by atoms with van der Waals surface area (Å²) in [6.45, 7) is 4.45. The number of hydrogen-bond donors (Lipinski definition) is 1. The number of primary sulfonamides is 1. The molecular formula is C18H19N3O4S2. The Hall–Kier alpha value is -2.36. The van der Waals surface area contributed by atoms with Crippen molar-refractivity contribution in [3.05, 3.63) is 53.6 Å². The maximum Gasteiger partial charge on any atom is 0.276 e. The fraction of sp³-hybridized carbons (Fsp3) is 0.222. The number of nitrogens with zero attached hydrogens (tertiary/aromatic N) is 2. The summed E-state index contributed by atoms with van der Waals surface area (Å²) in [6, 6.07) is 12.0. The molecule has 3 aromatic rings. The van der Waals surface area contributed by atoms with Gasteiger partial charge in [0.1, 0.15) is 5.75 Å². The van der Waals surface area contributed by atoms with Crippen LogP contribution in [0.4, 0.5) is 0 Å². The van der Waals surface area contributed by atoms with Crippen LogP contribution in [0.2, 0.25) is 0 Å². The molecule has 0 saturated carbocycles. The van der Waals surface area contributed by atoms with Gasteiger partial charge in [-0.05, 0) is 50.2 Å². The van der Waals surface area contributed by atoms with Crippen molar-refractivity contribution in [3.63, 3.8) is 0 Å². The molecule has 2 N–H and O–H groups in total. The van der Waals surface area contributed by atoms with E-state index in [1.807, 2.05) is 26.0 Å². The van der Waals surface area contributed by atoms with Gasteiger partial charge in [0, 0.05) is 11.3 Å². The lowest BCUT2D eigenvalue weighted by Crippen LogP contribution is -2.11. The van der Waals surface area contributed by atoms with E-state index in [0.717, 1.165) is 16.7 Å². The van der Waals surface area contributed by atoms with Crippen LogP contribution >= 0.6 is 11.8 Å². The number of ether oxygens (including phenoxy) is 1. The lowest BCUT2D eigenvalue weighted by atomic mass is 10.1. The lowest BCUT2D eigenvalue weighted by Gasteiger charge is -2.05. The molecule has 0 bridgehead atoms. The molecule has 0 amide bonds. The van der Waals surface area contributed by atoms with Gasteiger partial charge in [-0.25, -0.2) is 13.6 Å². The molecule has 0 unspecified atom stereocenters. The van der Waals surface area contributed by atoms with Gasteiger partial charge < -0.3 is 9.15 Å². The SMILES string of the molecule is Cc1cc(C)cc(-c2nnc(SCCOc3ccc(S(N)(=O)=O)cc3)o2)c1. The van der Waals surface area contributed by atoms with Crippen LogP contribution in [0.1, 0.15) is 11.1 Å². The van der Waals surface area contributed by atoms with Gasteiger partial charge in [0.2, 0.25) is 15.9 Å². The summed E-state index contributed by atoms with van der Waals surface area (Å²) >= 11 is 1.39. The van der Waals surface area contributed by atoms with Gasteiger partial charge in [-0.15, -0.1) is 10.2 Å². The second-order valence-corrected chi connectivity index (χ2v) is 8.57. The van der Waals surface area contributed by atoms with Gasteiger partial charge in [0.15, 0.2) is 0 Å². The highest BCUT2D eigenvalue weighted by Gasteiger charge is 2.10. The molecule has 2 aromatic carbocycles. The molecule has 9 heteroatoms. The lowest BCUT2D eigenvalue weighted by molar-refractivity contribution is 0.343. The summed E-state index contributed by atoms with van der Waals surface area (Å²) in [5.74, 6) is 1.65. The topological polar surface area (TPSA) is 108 Å². The van der Waals surface area contributed by atoms with Gasteiger partial charge in [0.25, 0.3) is 5.22 Å². The second-order valence-electron chi connectivity index (χ2n) is 5.96. The Morgan fingerprint density at radius 2 is 1.74 bits per heavy atom. The standard InChI is InChI=1S/C18H19N3O4S2/c1-12-9-13(2)11-14(10-12)17-20-21-18(25-17)26-8-7-24-15-3-5-16(6-4-15)27(19,22)23/h3-6,9-11H,7-8H2,1-2H3,(H2,19,22,23). The Balaban J connectivity index is 1.52. The molecule has 0 atom stereocenters. The maximum absolute atomic E-state index is 11.2. The number of aromatic nitrogens is 2. The highest BCUT2D eigenvalue weighted by Crippen LogP contribution is 2.25. The average molecular weight is 406 g/mol. The molecule has 0 aliphatic heterocycles. The molecule has 142 valence electrons. The normalized spacial score (nSPS) is 11.5. The van der Waals surface area contributed by atoms with Crippen molar-refractivity contribution in [2.75, 3.05) is 12.4 Å². The smallest absolute Gasteiger partial charge is 0.276 e. The van der Waals surface area contributed by atoms with E-state index in [2.05, 4.69) is 16.3 Å². The fourth-order valence-electron chi connectivity index (χ4n) is 2.50. The van der Waals surface area contributed by atoms with Crippen LogP contribution in [0.5, 0.6) is 5.75 Å². The van der Waals surface area contributed by atoms with Crippen molar-refractivity contribution in [1.82, 2.24) is 10.2 Å². The van der Waals surface area contributed by atoms with Gasteiger partial charge in [-0.2, -0.15) is 0 Å². The zero-order valence-electron chi connectivity index (χ0n) is 14.9. The Kier molecular flexibility index (Phi) is 5.83. The van der Waals surface area contributed by atoms with Gasteiger partial charge in [-0.1, -0.05) is 29.0 Å². The number of sulfonamides is 1. The third-order valence-corrected chi connectivity index (χ3v) is 5.32. The van der Waals surface area contributed by atoms with Crippen molar-refractivity contribution in [2.24, 2.45) is 5.14 Å². The van der Waals surface area contributed by atoms with E-state index in [1.54, 1.807) is 12.1 Å². The zero-order valence-corrected chi connectivity index (χ0v) is 16.5. The molecule has 0 spiro atoms. The molecular weight excluding hydrogens is 386 g/mol. The highest BCUT2D eigenvalue weighted by molar-refractivity contribution is 7.99. The molecule has 0 fully saturated rings. The first-order valence-corrected chi connectivity index (χ1v) is 10.6. The summed E-state index contributed by atoms with van der Waals surface area (Å²) in [6.07, 6.45) is 0. The third-order valence-electron chi connectivity index (χ3n) is 3.60. The van der Waals surface area contributed by atoms with Crippen LogP contribution < -0.4 is 9.88 Å². The van der Waals surface area contributed by atoms with E-state index < -0.39 is 10.0 Å². The van der Waals surface area contributed by atoms with E-state index in [4.69, 9.17) is 14.3 Å². The van der Waals surface area contributed by atoms with E-state index in [0.29, 0.717) is 29.2 Å². The van der Waals surface area contributed by atoms with E-state index >= 15 is 0 Å². The summed E-state index contributed by atoms with van der Waals surface area (Å²) < 4.78 is 33.7. The Morgan fingerprint density at radius 3 is 2.37 bits per heavy atom. The van der Waals surface area contributed by atoms with Gasteiger partial charge >= 0.3 is 0 Å². The number of hydrogen-bond acceptors (Lipinski definition) is 7. The molecule has 7 nitrogen and oxygen atoms in total. The molecule has 1 aromatic heterocycles. The summed E-state index contributed by atoms with van der Waals surface area (Å²) in [5, 5.41) is 13.7. The number of thioether (sulfide) groups is 1. The highest BCUT2D eigenvalue weighted by atomic mass is 32.2. The minimum Gasteiger partial charge on any atom is -0.493 e. The molecule has 27 heavy (non-hydrogen) atoms. The molecule has 1 heterocycles. The summed E-state index contributed by atoms with van der Waals surface area (Å²) in [7, 11) is -3.69. The van der Waals surface area contributed by atoms with Crippen molar-refractivity contribution in [3.8, 4) is 17.2 Å². The van der Waals surface area contributed by atoms with Crippen LogP contribution in [0.15, 0.2) is 57.0 Å². The van der Waals surface area contributed by atoms with Crippen LogP contribution in [0.25, 0.3) is 11.5 Å². The van der Waals surface area contributed by atoms with Crippen LogP contribution in [-0.4, -0.2) is 31.0 Å². The van der Waals surface area contributed by atoms with E-state index in [9.17, 15) is 8.42 Å². The quantitative estimate of drug-likeness (QED) is 0.475. The minimum atomic E-state index is -3.69. The predicted octanol–water partition coefficient (Wildman–Crippen LogP) is 3.17. The number of aryl methyl sites for hydroxylation is 2. The van der Waals surface area contributed by atoms with Gasteiger partial charge in [-0.3, -0.25) is 0 Å². The van der Waals surface area contributed by atoms with Crippen LogP contribution in [0.3, 0.4) is 0 Å². The molecule has 0 saturated heterocycles. The van der Waals surface area contributed by atoms with Crippen molar-refractivity contribution >= 4 is 21.8 Å². The second kappa shape index (κ2) is 8.12. The average Bonchev–Trinajstić information content (AvgIpc) is 3.06. The van der Waals surface area contributed by atoms with Gasteiger partial charge in [0.05, 0.1) is 11.5 Å². The first-order valence-electron chi connectivity index (χ1n) is 8.12. The predicted molar refractivity (Wildman–Crippen MR) is 103 cm³/mol. The third kappa shape index (κ3) is 5.31. The number of nitrogens with two attached hydrogens (primary N) is 1. The largest absolute Gasteiger partial charge is 0.493 e. The zero-order chi connectivity index (χ0) is 19.4. The Labute approximate surface area is 162 Å². The maximum atomic E-state index is 11.2. The Morgan fingerprint density at radius 1 is 1.07 bits per heavy atom. The molecule has 3 rings (SSSR count). The Bertz CT molecular complexity index is 1010. The van der Waals surface area contributed by atoms with Crippen molar-refractivity contribution < 1.29 is 17.6 Å².